The Morgan fingerprint density at radius 2 is 1.93 bits per heavy atom. The number of halogens is 1. The van der Waals surface area contributed by atoms with Crippen molar-refractivity contribution in [3.05, 3.63) is 30.3 Å². The molecule has 0 spiro atoms. The van der Waals surface area contributed by atoms with E-state index in [4.69, 9.17) is 5.11 Å². The summed E-state index contributed by atoms with van der Waals surface area (Å²) in [5.74, 6) is -2.28. The largest absolute Gasteiger partial charge is 0.479 e. The molecule has 5 heteroatoms. The van der Waals surface area contributed by atoms with Crippen LogP contribution in [0.2, 0.25) is 0 Å². The lowest BCUT2D eigenvalue weighted by atomic mass is 10.2. The minimum atomic E-state index is -2.16. The topological polar surface area (TPSA) is 66.4 Å². The van der Waals surface area contributed by atoms with Crippen LogP contribution in [0.4, 0.5) is 10.1 Å². The van der Waals surface area contributed by atoms with Crippen molar-refractivity contribution >= 4 is 17.6 Å². The second-order valence-corrected chi connectivity index (χ2v) is 2.92. The highest BCUT2D eigenvalue weighted by molar-refractivity contribution is 5.93. The van der Waals surface area contributed by atoms with Crippen molar-refractivity contribution < 1.29 is 19.1 Å². The molecule has 0 aliphatic rings. The zero-order valence-corrected chi connectivity index (χ0v) is 7.81. The quantitative estimate of drug-likeness (QED) is 0.791. The number of aliphatic carboxylic acids is 1. The summed E-state index contributed by atoms with van der Waals surface area (Å²) < 4.78 is 12.6. The van der Waals surface area contributed by atoms with Gasteiger partial charge in [-0.3, -0.25) is 4.79 Å². The normalized spacial score (nSPS) is 11.8. The molecule has 1 aromatic rings. The minimum absolute atomic E-state index is 0.514. The van der Waals surface area contributed by atoms with Gasteiger partial charge in [0.25, 0.3) is 0 Å². The number of rotatable bonds is 4. The highest BCUT2D eigenvalue weighted by Gasteiger charge is 2.19. The fourth-order valence-electron chi connectivity index (χ4n) is 0.984. The number of para-hydroxylation sites is 1. The van der Waals surface area contributed by atoms with Gasteiger partial charge in [0.15, 0.2) is 0 Å². The maximum Gasteiger partial charge on any atom is 0.338 e. The molecule has 0 aliphatic heterocycles. The summed E-state index contributed by atoms with van der Waals surface area (Å²) in [6.07, 6.45) is -2.83. The van der Waals surface area contributed by atoms with Gasteiger partial charge in [0.1, 0.15) is 0 Å². The molecule has 1 unspecified atom stereocenters. The second kappa shape index (κ2) is 5.09. The van der Waals surface area contributed by atoms with Gasteiger partial charge in [-0.25, -0.2) is 9.18 Å². The third kappa shape index (κ3) is 3.76. The zero-order valence-electron chi connectivity index (χ0n) is 7.81. The van der Waals surface area contributed by atoms with Crippen molar-refractivity contribution in [3.63, 3.8) is 0 Å². The fraction of sp³-hybridized carbons (Fsp3) is 0.200. The summed E-state index contributed by atoms with van der Waals surface area (Å²) in [5, 5.41) is 10.6. The first kappa shape index (κ1) is 11.2. The van der Waals surface area contributed by atoms with Crippen molar-refractivity contribution in [3.8, 4) is 0 Å². The van der Waals surface area contributed by atoms with Gasteiger partial charge >= 0.3 is 5.97 Å². The summed E-state index contributed by atoms with van der Waals surface area (Å²) in [6, 6.07) is 8.45. The van der Waals surface area contributed by atoms with Crippen LogP contribution in [0.1, 0.15) is 6.42 Å². The van der Waals surface area contributed by atoms with Crippen LogP contribution in [0.5, 0.6) is 0 Å². The third-order valence-corrected chi connectivity index (χ3v) is 1.69. The molecule has 2 N–H and O–H groups in total. The number of benzene rings is 1. The van der Waals surface area contributed by atoms with Crippen molar-refractivity contribution in [1.29, 1.82) is 0 Å². The number of carbonyl (C=O) groups is 2. The molecule has 1 amide bonds. The molecular formula is C10H10FNO3. The van der Waals surface area contributed by atoms with E-state index in [0.717, 1.165) is 0 Å². The van der Waals surface area contributed by atoms with Crippen molar-refractivity contribution in [1.82, 2.24) is 0 Å². The van der Waals surface area contributed by atoms with Gasteiger partial charge in [-0.15, -0.1) is 0 Å². The van der Waals surface area contributed by atoms with Crippen LogP contribution in [0, 0.1) is 0 Å². The first-order chi connectivity index (χ1) is 7.09. The van der Waals surface area contributed by atoms with Crippen LogP contribution in [-0.2, 0) is 9.59 Å². The molecule has 4 nitrogen and oxygen atoms in total. The lowest BCUT2D eigenvalue weighted by Gasteiger charge is -2.05. The molecule has 0 heterocycles. The lowest BCUT2D eigenvalue weighted by molar-refractivity contribution is -0.144. The number of anilines is 1. The highest BCUT2D eigenvalue weighted by Crippen LogP contribution is 2.07. The predicted molar refractivity (Wildman–Crippen MR) is 52.2 cm³/mol. The Morgan fingerprint density at radius 1 is 1.33 bits per heavy atom. The SMILES string of the molecule is O=C(CC(F)C(=O)O)Nc1ccccc1. The first-order valence-electron chi connectivity index (χ1n) is 4.31. The number of carboxylic acids is 1. The molecule has 1 aromatic carbocycles. The molecule has 15 heavy (non-hydrogen) atoms. The average molecular weight is 211 g/mol. The van der Waals surface area contributed by atoms with Gasteiger partial charge in [-0.1, -0.05) is 18.2 Å². The number of carboxylic acid groups (broad SMARTS) is 1. The van der Waals surface area contributed by atoms with E-state index < -0.39 is 24.5 Å². The van der Waals surface area contributed by atoms with Gasteiger partial charge in [0, 0.05) is 5.69 Å². The smallest absolute Gasteiger partial charge is 0.338 e. The van der Waals surface area contributed by atoms with E-state index in [1.54, 1.807) is 30.3 Å². The molecular weight excluding hydrogens is 201 g/mol. The number of nitrogens with one attached hydrogen (secondary N) is 1. The van der Waals surface area contributed by atoms with E-state index in [1.807, 2.05) is 0 Å². The Hall–Kier alpha value is -1.91. The molecule has 0 aliphatic carbocycles. The molecule has 0 fully saturated rings. The monoisotopic (exact) mass is 211 g/mol. The van der Waals surface area contributed by atoms with E-state index in [1.165, 1.54) is 0 Å². The summed E-state index contributed by atoms with van der Waals surface area (Å²) in [6.45, 7) is 0. The van der Waals surface area contributed by atoms with Gasteiger partial charge < -0.3 is 10.4 Å². The van der Waals surface area contributed by atoms with E-state index in [0.29, 0.717) is 5.69 Å². The third-order valence-electron chi connectivity index (χ3n) is 1.69. The molecule has 1 atom stereocenters. The van der Waals surface area contributed by atoms with Gasteiger partial charge in [0.2, 0.25) is 12.1 Å². The van der Waals surface area contributed by atoms with Crippen LogP contribution in [0.15, 0.2) is 30.3 Å². The van der Waals surface area contributed by atoms with Gasteiger partial charge in [0.05, 0.1) is 6.42 Å². The van der Waals surface area contributed by atoms with Crippen molar-refractivity contribution in [2.24, 2.45) is 0 Å². The molecule has 0 saturated carbocycles. The van der Waals surface area contributed by atoms with Crippen LogP contribution in [0.25, 0.3) is 0 Å². The Kier molecular flexibility index (Phi) is 3.79. The van der Waals surface area contributed by atoms with Gasteiger partial charge in [-0.05, 0) is 12.1 Å². The average Bonchev–Trinajstić information content (AvgIpc) is 2.18. The first-order valence-corrected chi connectivity index (χ1v) is 4.31. The molecule has 1 rings (SSSR count). The highest BCUT2D eigenvalue weighted by atomic mass is 19.1. The zero-order chi connectivity index (χ0) is 11.3. The van der Waals surface area contributed by atoms with Crippen LogP contribution < -0.4 is 5.32 Å². The number of carbonyl (C=O) groups excluding carboxylic acids is 1. The second-order valence-electron chi connectivity index (χ2n) is 2.92. The minimum Gasteiger partial charge on any atom is -0.479 e. The maximum atomic E-state index is 12.6. The Bertz CT molecular complexity index is 353. The molecule has 0 radical (unpaired) electrons. The van der Waals surface area contributed by atoms with Crippen molar-refractivity contribution in [2.75, 3.05) is 5.32 Å². The lowest BCUT2D eigenvalue weighted by Crippen LogP contribution is -2.23. The standard InChI is InChI=1S/C10H10FNO3/c11-8(10(14)15)6-9(13)12-7-4-2-1-3-5-7/h1-5,8H,6H2,(H,12,13)(H,14,15). The summed E-state index contributed by atoms with van der Waals surface area (Å²) in [5.41, 5.74) is 0.514. The van der Waals surface area contributed by atoms with E-state index >= 15 is 0 Å². The Balaban J connectivity index is 2.47. The molecule has 0 bridgehead atoms. The predicted octanol–water partition coefficient (Wildman–Crippen LogP) is 1.44. The van der Waals surface area contributed by atoms with E-state index in [9.17, 15) is 14.0 Å². The fourth-order valence-corrected chi connectivity index (χ4v) is 0.984. The summed E-state index contributed by atoms with van der Waals surface area (Å²) in [4.78, 5) is 21.2. The van der Waals surface area contributed by atoms with Crippen molar-refractivity contribution in [2.45, 2.75) is 12.6 Å². The summed E-state index contributed by atoms with van der Waals surface area (Å²) in [7, 11) is 0. The van der Waals surface area contributed by atoms with E-state index in [-0.39, 0.29) is 0 Å². The Labute approximate surface area is 85.7 Å². The van der Waals surface area contributed by atoms with Crippen LogP contribution >= 0.6 is 0 Å². The number of hydrogen-bond acceptors (Lipinski definition) is 2. The molecule has 0 saturated heterocycles. The Morgan fingerprint density at radius 3 is 2.47 bits per heavy atom. The van der Waals surface area contributed by atoms with Crippen LogP contribution in [-0.4, -0.2) is 23.2 Å². The van der Waals surface area contributed by atoms with Gasteiger partial charge in [-0.2, -0.15) is 0 Å². The maximum absolute atomic E-state index is 12.6. The van der Waals surface area contributed by atoms with E-state index in [2.05, 4.69) is 5.32 Å². The number of alkyl halides is 1. The molecule has 0 aromatic heterocycles. The van der Waals surface area contributed by atoms with Crippen LogP contribution in [0.3, 0.4) is 0 Å². The number of hydrogen-bond donors (Lipinski definition) is 2. The molecule has 80 valence electrons. The summed E-state index contributed by atoms with van der Waals surface area (Å²) >= 11 is 0. The number of amides is 1.